The van der Waals surface area contributed by atoms with Crippen LogP contribution < -0.4 is 0 Å². The highest BCUT2D eigenvalue weighted by Gasteiger charge is 2.11. The number of hydroxylamine groups is 4. The lowest BCUT2D eigenvalue weighted by atomic mass is 10.3. The summed E-state index contributed by atoms with van der Waals surface area (Å²) in [6, 6.07) is -0.591. The Hall–Kier alpha value is -0.240. The van der Waals surface area contributed by atoms with Crippen LogP contribution in [0.25, 0.3) is 0 Å². The summed E-state index contributed by atoms with van der Waals surface area (Å²) in [4.78, 5) is 0. The minimum Gasteiger partial charge on any atom is -0.395 e. The van der Waals surface area contributed by atoms with E-state index in [2.05, 4.69) is 0 Å². The molecule has 6 heteroatoms. The fraction of sp³-hybridized carbons (Fsp3) is 1.00. The molecule has 0 aromatic carbocycles. The Morgan fingerprint density at radius 2 is 1.82 bits per heavy atom. The van der Waals surface area contributed by atoms with Crippen LogP contribution in [0.1, 0.15) is 6.92 Å². The number of nitrogens with zero attached hydrogens (tertiary/aromatic N) is 2. The van der Waals surface area contributed by atoms with E-state index in [1.165, 1.54) is 6.92 Å². The van der Waals surface area contributed by atoms with Crippen LogP contribution in [0.2, 0.25) is 0 Å². The van der Waals surface area contributed by atoms with Crippen molar-refractivity contribution < 1.29 is 20.7 Å². The summed E-state index contributed by atoms with van der Waals surface area (Å²) in [6.07, 6.45) is 0. The normalized spacial score (nSPS) is 14.5. The monoisotopic (exact) mass is 166 g/mol. The van der Waals surface area contributed by atoms with Gasteiger partial charge in [0, 0.05) is 13.1 Å². The summed E-state index contributed by atoms with van der Waals surface area (Å²) in [7, 11) is 0. The highest BCUT2D eigenvalue weighted by atomic mass is 16.8. The van der Waals surface area contributed by atoms with Crippen LogP contribution in [-0.2, 0) is 0 Å². The molecule has 0 spiro atoms. The molecule has 0 bridgehead atoms. The summed E-state index contributed by atoms with van der Waals surface area (Å²) >= 11 is 0. The molecule has 1 atom stereocenters. The third kappa shape index (κ3) is 5.08. The summed E-state index contributed by atoms with van der Waals surface area (Å²) in [5.41, 5.74) is 0. The number of hydrogen-bond acceptors (Lipinski definition) is 6. The number of hydrogen-bond donors (Lipinski definition) is 4. The van der Waals surface area contributed by atoms with Crippen molar-refractivity contribution in [3.8, 4) is 0 Å². The van der Waals surface area contributed by atoms with Crippen LogP contribution in [0.4, 0.5) is 0 Å². The zero-order chi connectivity index (χ0) is 8.85. The second-order valence-electron chi connectivity index (χ2n) is 2.31. The van der Waals surface area contributed by atoms with Gasteiger partial charge in [-0.2, -0.15) is 5.06 Å². The maximum Gasteiger partial charge on any atom is 0.0745 e. The molecule has 0 aliphatic rings. The van der Waals surface area contributed by atoms with Gasteiger partial charge in [0.1, 0.15) is 0 Å². The fourth-order valence-corrected chi connectivity index (χ4v) is 0.585. The lowest BCUT2D eigenvalue weighted by Crippen LogP contribution is -2.38. The molecule has 0 aliphatic heterocycles. The molecular weight excluding hydrogens is 152 g/mol. The maximum atomic E-state index is 8.89. The highest BCUT2D eigenvalue weighted by molar-refractivity contribution is 4.55. The van der Waals surface area contributed by atoms with Crippen molar-refractivity contribution in [2.24, 2.45) is 0 Å². The molecule has 0 heterocycles. The third-order valence-electron chi connectivity index (χ3n) is 1.23. The van der Waals surface area contributed by atoms with Gasteiger partial charge in [0.15, 0.2) is 0 Å². The van der Waals surface area contributed by atoms with Crippen LogP contribution in [0.5, 0.6) is 0 Å². The van der Waals surface area contributed by atoms with E-state index in [1.54, 1.807) is 0 Å². The van der Waals surface area contributed by atoms with E-state index < -0.39 is 6.04 Å². The topological polar surface area (TPSA) is 87.4 Å². The Kier molecular flexibility index (Phi) is 5.30. The number of aliphatic hydroxyl groups is 1. The van der Waals surface area contributed by atoms with Gasteiger partial charge in [-0.05, 0) is 6.92 Å². The molecule has 0 saturated carbocycles. The van der Waals surface area contributed by atoms with Gasteiger partial charge >= 0.3 is 0 Å². The molecule has 0 aromatic rings. The Balaban J connectivity index is 3.48. The summed E-state index contributed by atoms with van der Waals surface area (Å²) in [6.45, 7) is 1.51. The molecule has 0 aromatic heterocycles. The molecule has 0 fully saturated rings. The molecule has 0 rings (SSSR count). The van der Waals surface area contributed by atoms with Crippen molar-refractivity contribution in [1.29, 1.82) is 0 Å². The van der Waals surface area contributed by atoms with Gasteiger partial charge in [-0.1, -0.05) is 5.23 Å². The van der Waals surface area contributed by atoms with Crippen LogP contribution in [0, 0.1) is 0 Å². The zero-order valence-corrected chi connectivity index (χ0v) is 6.38. The van der Waals surface area contributed by atoms with Crippen LogP contribution >= 0.6 is 0 Å². The summed E-state index contributed by atoms with van der Waals surface area (Å²) < 4.78 is 0. The van der Waals surface area contributed by atoms with Crippen molar-refractivity contribution in [2.45, 2.75) is 13.0 Å². The van der Waals surface area contributed by atoms with E-state index >= 15 is 0 Å². The summed E-state index contributed by atoms with van der Waals surface area (Å²) in [5, 5.41) is 34.9. The highest BCUT2D eigenvalue weighted by Crippen LogP contribution is 1.92. The van der Waals surface area contributed by atoms with Crippen LogP contribution in [-0.4, -0.2) is 56.8 Å². The Labute approximate surface area is 64.8 Å². The number of aliphatic hydroxyl groups excluding tert-OH is 1. The minimum atomic E-state index is -0.591. The Bertz CT molecular complexity index is 100. The van der Waals surface area contributed by atoms with Crippen molar-refractivity contribution in [1.82, 2.24) is 10.3 Å². The molecule has 68 valence electrons. The van der Waals surface area contributed by atoms with E-state index in [9.17, 15) is 0 Å². The first-order valence-corrected chi connectivity index (χ1v) is 3.29. The first-order valence-electron chi connectivity index (χ1n) is 3.29. The third-order valence-corrected chi connectivity index (χ3v) is 1.23. The summed E-state index contributed by atoms with van der Waals surface area (Å²) in [5.74, 6) is 0. The van der Waals surface area contributed by atoms with E-state index in [1.807, 2.05) is 0 Å². The number of rotatable bonds is 5. The van der Waals surface area contributed by atoms with E-state index in [0.29, 0.717) is 0 Å². The van der Waals surface area contributed by atoms with Gasteiger partial charge in [0.05, 0.1) is 12.6 Å². The van der Waals surface area contributed by atoms with Gasteiger partial charge in [-0.25, -0.2) is 0 Å². The van der Waals surface area contributed by atoms with E-state index in [-0.39, 0.29) is 24.9 Å². The Morgan fingerprint density at radius 3 is 2.18 bits per heavy atom. The van der Waals surface area contributed by atoms with Crippen LogP contribution in [0.3, 0.4) is 0 Å². The smallest absolute Gasteiger partial charge is 0.0745 e. The van der Waals surface area contributed by atoms with Gasteiger partial charge in [-0.15, -0.1) is 0 Å². The van der Waals surface area contributed by atoms with E-state index in [4.69, 9.17) is 20.7 Å². The molecular formula is C5H14N2O4. The molecule has 6 nitrogen and oxygen atoms in total. The van der Waals surface area contributed by atoms with Crippen molar-refractivity contribution in [3.05, 3.63) is 0 Å². The lowest BCUT2D eigenvalue weighted by Gasteiger charge is -2.20. The first-order chi connectivity index (χ1) is 5.07. The lowest BCUT2D eigenvalue weighted by molar-refractivity contribution is -0.335. The quantitative estimate of drug-likeness (QED) is 0.397. The molecule has 0 aliphatic carbocycles. The predicted molar refractivity (Wildman–Crippen MR) is 35.3 cm³/mol. The average molecular weight is 166 g/mol. The van der Waals surface area contributed by atoms with E-state index in [0.717, 1.165) is 5.06 Å². The largest absolute Gasteiger partial charge is 0.395 e. The molecule has 0 amide bonds. The fourth-order valence-electron chi connectivity index (χ4n) is 0.585. The van der Waals surface area contributed by atoms with Gasteiger partial charge in [0.2, 0.25) is 0 Å². The standard InChI is InChI=1S/C5H14N2O4/c1-5(7(10)11)4-6(9)2-3-8/h5,8-11H,2-4H2,1H3. The van der Waals surface area contributed by atoms with Gasteiger partial charge in [-0.3, -0.25) is 10.4 Å². The second-order valence-corrected chi connectivity index (χ2v) is 2.31. The SMILES string of the molecule is CC(CN(O)CCO)N(O)O. The Morgan fingerprint density at radius 1 is 1.27 bits per heavy atom. The van der Waals surface area contributed by atoms with Crippen LogP contribution in [0.15, 0.2) is 0 Å². The molecule has 0 radical (unpaired) electrons. The average Bonchev–Trinajstić information content (AvgIpc) is 1.87. The maximum absolute atomic E-state index is 8.89. The molecule has 0 saturated heterocycles. The minimum absolute atomic E-state index is 0.0145. The van der Waals surface area contributed by atoms with Crippen molar-refractivity contribution in [2.75, 3.05) is 19.7 Å². The first kappa shape index (κ1) is 10.8. The zero-order valence-electron chi connectivity index (χ0n) is 6.38. The second kappa shape index (κ2) is 5.42. The molecule has 1 unspecified atom stereocenters. The molecule has 11 heavy (non-hydrogen) atoms. The van der Waals surface area contributed by atoms with Gasteiger partial charge < -0.3 is 10.3 Å². The predicted octanol–water partition coefficient (Wildman–Crippen LogP) is -0.861. The van der Waals surface area contributed by atoms with Crippen molar-refractivity contribution >= 4 is 0 Å². The van der Waals surface area contributed by atoms with Crippen molar-refractivity contribution in [3.63, 3.8) is 0 Å². The van der Waals surface area contributed by atoms with Gasteiger partial charge in [0.25, 0.3) is 0 Å². The molecule has 4 N–H and O–H groups in total.